The van der Waals surface area contributed by atoms with Crippen LogP contribution in [0.1, 0.15) is 25.3 Å². The molecule has 0 saturated heterocycles. The van der Waals surface area contributed by atoms with Crippen LogP contribution >= 0.6 is 24.0 Å². The van der Waals surface area contributed by atoms with Crippen molar-refractivity contribution in [3.8, 4) is 5.88 Å². The molecule has 0 fully saturated rings. The van der Waals surface area contributed by atoms with E-state index in [-0.39, 0.29) is 36.5 Å². The predicted octanol–water partition coefficient (Wildman–Crippen LogP) is 2.80. The highest BCUT2D eigenvalue weighted by atomic mass is 127. The van der Waals surface area contributed by atoms with Gasteiger partial charge in [-0.2, -0.15) is 13.2 Å². The lowest BCUT2D eigenvalue weighted by Crippen LogP contribution is -2.34. The summed E-state index contributed by atoms with van der Waals surface area (Å²) in [5.41, 5.74) is 4.80. The first-order valence-electron chi connectivity index (χ1n) is 6.63. The van der Waals surface area contributed by atoms with E-state index >= 15 is 0 Å². The van der Waals surface area contributed by atoms with Gasteiger partial charge in [0.2, 0.25) is 5.88 Å². The fourth-order valence-electron chi connectivity index (χ4n) is 1.38. The first-order valence-corrected chi connectivity index (χ1v) is 6.63. The second-order valence-corrected chi connectivity index (χ2v) is 4.28. The topological polar surface area (TPSA) is 72.5 Å². The zero-order valence-electron chi connectivity index (χ0n) is 12.2. The number of nitrogens with zero attached hydrogens (tertiary/aromatic N) is 2. The van der Waals surface area contributed by atoms with Crippen molar-refractivity contribution in [3.63, 3.8) is 0 Å². The predicted molar refractivity (Wildman–Crippen MR) is 89.5 cm³/mol. The second kappa shape index (κ2) is 10.5. The summed E-state index contributed by atoms with van der Waals surface area (Å²) < 4.78 is 42.2. The van der Waals surface area contributed by atoms with Crippen molar-refractivity contribution in [1.29, 1.82) is 0 Å². The second-order valence-electron chi connectivity index (χ2n) is 4.28. The lowest BCUT2D eigenvalue weighted by Gasteiger charge is -2.09. The molecule has 1 heterocycles. The largest absolute Gasteiger partial charge is 0.476 e. The van der Waals surface area contributed by atoms with E-state index in [2.05, 4.69) is 22.2 Å². The summed E-state index contributed by atoms with van der Waals surface area (Å²) in [7, 11) is 0. The summed E-state index contributed by atoms with van der Waals surface area (Å²) in [5.74, 6) is 0.457. The van der Waals surface area contributed by atoms with E-state index in [0.29, 0.717) is 19.0 Å². The van der Waals surface area contributed by atoms with E-state index < -0.39 is 11.7 Å². The molecule has 0 aliphatic carbocycles. The Morgan fingerprint density at radius 3 is 2.68 bits per heavy atom. The van der Waals surface area contributed by atoms with Gasteiger partial charge in [0.15, 0.2) is 5.96 Å². The molecule has 0 amide bonds. The average molecular weight is 432 g/mol. The first-order chi connectivity index (χ1) is 9.93. The molecular formula is C13H20F3IN4O. The van der Waals surface area contributed by atoms with Gasteiger partial charge in [0.1, 0.15) is 6.61 Å². The first kappa shape index (κ1) is 20.7. The Balaban J connectivity index is 0.00000441. The molecule has 0 atom stereocenters. The summed E-state index contributed by atoms with van der Waals surface area (Å²) in [6.45, 7) is 3.34. The molecule has 0 aliphatic rings. The van der Waals surface area contributed by atoms with E-state index in [9.17, 15) is 13.2 Å². The van der Waals surface area contributed by atoms with Crippen LogP contribution in [0.4, 0.5) is 13.2 Å². The van der Waals surface area contributed by atoms with E-state index in [1.54, 1.807) is 0 Å². The van der Waals surface area contributed by atoms with E-state index in [1.165, 1.54) is 6.07 Å². The molecule has 9 heteroatoms. The lowest BCUT2D eigenvalue weighted by atomic mass is 10.3. The van der Waals surface area contributed by atoms with Crippen molar-refractivity contribution in [3.05, 3.63) is 23.9 Å². The molecule has 126 valence electrons. The Morgan fingerprint density at radius 1 is 1.41 bits per heavy atom. The van der Waals surface area contributed by atoms with Crippen molar-refractivity contribution >= 4 is 29.9 Å². The summed E-state index contributed by atoms with van der Waals surface area (Å²) in [4.78, 5) is 7.68. The highest BCUT2D eigenvalue weighted by Crippen LogP contribution is 2.29. The number of rotatable bonds is 7. The smallest absolute Gasteiger partial charge is 0.417 e. The fourth-order valence-corrected chi connectivity index (χ4v) is 1.38. The molecule has 3 N–H and O–H groups in total. The average Bonchev–Trinajstić information content (AvgIpc) is 2.43. The molecule has 1 aromatic heterocycles. The van der Waals surface area contributed by atoms with Crippen LogP contribution in [-0.2, 0) is 6.18 Å². The van der Waals surface area contributed by atoms with Gasteiger partial charge in [-0.25, -0.2) is 4.98 Å². The number of unbranched alkanes of at least 4 members (excludes halogenated alkanes) is 1. The van der Waals surface area contributed by atoms with Crippen LogP contribution in [0.2, 0.25) is 0 Å². The van der Waals surface area contributed by atoms with Gasteiger partial charge in [-0.05, 0) is 12.5 Å². The Morgan fingerprint density at radius 2 is 2.14 bits per heavy atom. The van der Waals surface area contributed by atoms with Gasteiger partial charge in [-0.1, -0.05) is 13.3 Å². The Kier molecular flexibility index (Phi) is 9.86. The molecule has 0 unspecified atom stereocenters. The van der Waals surface area contributed by atoms with Crippen LogP contribution < -0.4 is 15.8 Å². The number of aromatic nitrogens is 1. The summed E-state index contributed by atoms with van der Waals surface area (Å²) in [6, 6.07) is 2.11. The van der Waals surface area contributed by atoms with Crippen molar-refractivity contribution in [1.82, 2.24) is 10.3 Å². The molecule has 0 aliphatic heterocycles. The Bertz CT molecular complexity index is 452. The van der Waals surface area contributed by atoms with Crippen molar-refractivity contribution < 1.29 is 17.9 Å². The molecule has 22 heavy (non-hydrogen) atoms. The minimum Gasteiger partial charge on any atom is -0.476 e. The van der Waals surface area contributed by atoms with Crippen LogP contribution in [0.15, 0.2) is 23.3 Å². The lowest BCUT2D eigenvalue weighted by molar-refractivity contribution is -0.137. The standard InChI is InChI=1S/C13H19F3N4O.HI/c1-2-3-6-18-12(17)19-7-8-21-11-5-4-10(9-20-11)13(14,15)16;/h4-5,9H,2-3,6-8H2,1H3,(H3,17,18,19);1H. The van der Waals surface area contributed by atoms with Crippen molar-refractivity contribution in [2.45, 2.75) is 25.9 Å². The highest BCUT2D eigenvalue weighted by molar-refractivity contribution is 14.0. The number of aliphatic imine (C=N–C) groups is 1. The number of nitrogens with one attached hydrogen (secondary N) is 1. The number of guanidine groups is 1. The van der Waals surface area contributed by atoms with Gasteiger partial charge in [0.25, 0.3) is 0 Å². The number of pyridine rings is 1. The van der Waals surface area contributed by atoms with E-state index in [0.717, 1.165) is 25.1 Å². The van der Waals surface area contributed by atoms with Crippen LogP contribution in [0.3, 0.4) is 0 Å². The minimum atomic E-state index is -4.39. The quantitative estimate of drug-likeness (QED) is 0.301. The van der Waals surface area contributed by atoms with E-state index in [1.807, 2.05) is 0 Å². The summed E-state index contributed by atoms with van der Waals surface area (Å²) in [5, 5.41) is 2.84. The Labute approximate surface area is 144 Å². The van der Waals surface area contributed by atoms with Gasteiger partial charge in [-0.3, -0.25) is 4.99 Å². The molecule has 0 spiro atoms. The zero-order valence-corrected chi connectivity index (χ0v) is 14.5. The van der Waals surface area contributed by atoms with Gasteiger partial charge in [-0.15, -0.1) is 24.0 Å². The number of nitrogens with two attached hydrogens (primary N) is 1. The van der Waals surface area contributed by atoms with Crippen LogP contribution in [-0.4, -0.2) is 30.6 Å². The third-order valence-corrected chi connectivity index (χ3v) is 2.52. The zero-order chi connectivity index (χ0) is 15.7. The van der Waals surface area contributed by atoms with Gasteiger partial charge in [0.05, 0.1) is 12.1 Å². The van der Waals surface area contributed by atoms with Gasteiger partial charge < -0.3 is 15.8 Å². The maximum atomic E-state index is 12.3. The number of hydrogen-bond acceptors (Lipinski definition) is 3. The third-order valence-electron chi connectivity index (χ3n) is 2.52. The number of hydrogen-bond donors (Lipinski definition) is 2. The van der Waals surface area contributed by atoms with Gasteiger partial charge >= 0.3 is 6.18 Å². The SMILES string of the molecule is CCCCN=C(N)NCCOc1ccc(C(F)(F)F)cn1.I. The molecule has 0 bridgehead atoms. The molecule has 0 radical (unpaired) electrons. The van der Waals surface area contributed by atoms with Gasteiger partial charge in [0, 0.05) is 18.8 Å². The fraction of sp³-hybridized carbons (Fsp3) is 0.538. The van der Waals surface area contributed by atoms with Crippen molar-refractivity contribution in [2.75, 3.05) is 19.7 Å². The Hall–Kier alpha value is -1.26. The molecule has 0 saturated carbocycles. The summed E-state index contributed by atoms with van der Waals surface area (Å²) >= 11 is 0. The molecule has 0 aromatic carbocycles. The molecular weight excluding hydrogens is 412 g/mol. The molecule has 5 nitrogen and oxygen atoms in total. The van der Waals surface area contributed by atoms with Crippen LogP contribution in [0, 0.1) is 0 Å². The number of halogens is 4. The number of ether oxygens (including phenoxy) is 1. The monoisotopic (exact) mass is 432 g/mol. The van der Waals surface area contributed by atoms with E-state index in [4.69, 9.17) is 10.5 Å². The maximum Gasteiger partial charge on any atom is 0.417 e. The third kappa shape index (κ3) is 8.25. The van der Waals surface area contributed by atoms with Crippen molar-refractivity contribution in [2.24, 2.45) is 10.7 Å². The minimum absolute atomic E-state index is 0. The molecule has 1 rings (SSSR count). The maximum absolute atomic E-state index is 12.3. The van der Waals surface area contributed by atoms with Crippen LogP contribution in [0.5, 0.6) is 5.88 Å². The highest BCUT2D eigenvalue weighted by Gasteiger charge is 2.30. The number of alkyl halides is 3. The summed E-state index contributed by atoms with van der Waals surface area (Å²) in [6.07, 6.45) is -1.65. The molecule has 1 aromatic rings. The van der Waals surface area contributed by atoms with Crippen LogP contribution in [0.25, 0.3) is 0 Å². The normalized spacial score (nSPS) is 11.7.